The second-order valence-corrected chi connectivity index (χ2v) is 5.70. The zero-order valence-electron chi connectivity index (χ0n) is 11.9. The van der Waals surface area contributed by atoms with E-state index < -0.39 is 5.97 Å². The highest BCUT2D eigenvalue weighted by Crippen LogP contribution is 2.44. The molecular formula is C15H25NO3. The van der Waals surface area contributed by atoms with Crippen LogP contribution in [0.1, 0.15) is 51.4 Å². The molecule has 0 bridgehead atoms. The number of unbranched alkanes of at least 4 members (excludes halogenated alkanes) is 1. The molecule has 0 saturated heterocycles. The molecule has 0 aromatic carbocycles. The average Bonchev–Trinajstić information content (AvgIpc) is 2.76. The number of carboxylic acid groups (broad SMARTS) is 1. The van der Waals surface area contributed by atoms with Crippen LogP contribution in [0.25, 0.3) is 0 Å². The van der Waals surface area contributed by atoms with E-state index in [1.165, 1.54) is 0 Å². The van der Waals surface area contributed by atoms with Crippen molar-refractivity contribution in [2.75, 3.05) is 13.6 Å². The van der Waals surface area contributed by atoms with Crippen molar-refractivity contribution in [1.29, 1.82) is 0 Å². The molecule has 1 aliphatic carbocycles. The molecule has 1 N–H and O–H groups in total. The summed E-state index contributed by atoms with van der Waals surface area (Å²) in [5, 5.41) is 9.03. The SMILES string of the molecule is C=CCCCN(C)C(=O)CC1(CC(=O)O)CCCC1. The third-order valence-electron chi connectivity index (χ3n) is 4.04. The van der Waals surface area contributed by atoms with Gasteiger partial charge in [-0.05, 0) is 31.1 Å². The van der Waals surface area contributed by atoms with Gasteiger partial charge in [0.2, 0.25) is 5.91 Å². The molecule has 1 saturated carbocycles. The fourth-order valence-corrected chi connectivity index (χ4v) is 2.92. The third kappa shape index (κ3) is 5.05. The van der Waals surface area contributed by atoms with E-state index in [0.717, 1.165) is 38.5 Å². The highest BCUT2D eigenvalue weighted by molar-refractivity contribution is 5.78. The molecule has 1 amide bonds. The molecule has 0 unspecified atom stereocenters. The molecule has 0 aliphatic heterocycles. The summed E-state index contributed by atoms with van der Waals surface area (Å²) in [6.07, 6.45) is 7.98. The van der Waals surface area contributed by atoms with E-state index in [2.05, 4.69) is 6.58 Å². The van der Waals surface area contributed by atoms with Crippen molar-refractivity contribution in [2.24, 2.45) is 5.41 Å². The summed E-state index contributed by atoms with van der Waals surface area (Å²) < 4.78 is 0. The number of aliphatic carboxylic acids is 1. The summed E-state index contributed by atoms with van der Waals surface area (Å²) in [6, 6.07) is 0. The van der Waals surface area contributed by atoms with Crippen molar-refractivity contribution in [3.63, 3.8) is 0 Å². The maximum absolute atomic E-state index is 12.2. The topological polar surface area (TPSA) is 57.6 Å². The Kier molecular flexibility index (Phi) is 6.06. The van der Waals surface area contributed by atoms with E-state index in [1.807, 2.05) is 6.08 Å². The molecule has 0 aromatic heterocycles. The van der Waals surface area contributed by atoms with Crippen LogP contribution in [0.5, 0.6) is 0 Å². The van der Waals surface area contributed by atoms with Gasteiger partial charge in [-0.25, -0.2) is 0 Å². The lowest BCUT2D eigenvalue weighted by molar-refractivity contribution is -0.141. The molecule has 0 heterocycles. The zero-order chi connectivity index (χ0) is 14.3. The smallest absolute Gasteiger partial charge is 0.303 e. The fourth-order valence-electron chi connectivity index (χ4n) is 2.92. The number of nitrogens with zero attached hydrogens (tertiary/aromatic N) is 1. The highest BCUT2D eigenvalue weighted by Gasteiger charge is 2.38. The standard InChI is InChI=1S/C15H25NO3/c1-3-4-7-10-16(2)13(17)11-15(12-14(18)19)8-5-6-9-15/h3H,1,4-12H2,2H3,(H,18,19). The minimum Gasteiger partial charge on any atom is -0.481 e. The summed E-state index contributed by atoms with van der Waals surface area (Å²) in [6.45, 7) is 4.38. The molecule has 19 heavy (non-hydrogen) atoms. The first-order valence-electron chi connectivity index (χ1n) is 7.06. The van der Waals surface area contributed by atoms with Gasteiger partial charge in [-0.15, -0.1) is 6.58 Å². The Bertz CT molecular complexity index is 332. The van der Waals surface area contributed by atoms with Crippen molar-refractivity contribution in [3.8, 4) is 0 Å². The molecular weight excluding hydrogens is 242 g/mol. The van der Waals surface area contributed by atoms with Gasteiger partial charge < -0.3 is 10.0 Å². The lowest BCUT2D eigenvalue weighted by Crippen LogP contribution is -2.34. The lowest BCUT2D eigenvalue weighted by atomic mass is 9.79. The molecule has 0 spiro atoms. The first kappa shape index (κ1) is 15.7. The van der Waals surface area contributed by atoms with Crippen LogP contribution in [0.3, 0.4) is 0 Å². The Hall–Kier alpha value is -1.32. The Balaban J connectivity index is 2.51. The Morgan fingerprint density at radius 3 is 2.47 bits per heavy atom. The second kappa shape index (κ2) is 7.31. The van der Waals surface area contributed by atoms with E-state index in [4.69, 9.17) is 5.11 Å². The predicted octanol–water partition coefficient (Wildman–Crippen LogP) is 2.84. The van der Waals surface area contributed by atoms with Gasteiger partial charge in [0.25, 0.3) is 0 Å². The number of carboxylic acids is 1. The Morgan fingerprint density at radius 1 is 1.32 bits per heavy atom. The van der Waals surface area contributed by atoms with E-state index >= 15 is 0 Å². The van der Waals surface area contributed by atoms with Gasteiger partial charge in [-0.1, -0.05) is 18.9 Å². The van der Waals surface area contributed by atoms with Crippen LogP contribution in [-0.2, 0) is 9.59 Å². The summed E-state index contributed by atoms with van der Waals surface area (Å²) >= 11 is 0. The molecule has 1 aliphatic rings. The quantitative estimate of drug-likeness (QED) is 0.543. The number of carbonyl (C=O) groups excluding carboxylic acids is 1. The molecule has 1 fully saturated rings. The van der Waals surface area contributed by atoms with Gasteiger partial charge in [0, 0.05) is 20.0 Å². The number of amides is 1. The summed E-state index contributed by atoms with van der Waals surface area (Å²) in [5.74, 6) is -0.712. The van der Waals surface area contributed by atoms with Crippen LogP contribution in [0.15, 0.2) is 12.7 Å². The van der Waals surface area contributed by atoms with Crippen molar-refractivity contribution in [1.82, 2.24) is 4.90 Å². The number of allylic oxidation sites excluding steroid dienone is 1. The number of hydrogen-bond acceptors (Lipinski definition) is 2. The van der Waals surface area contributed by atoms with Crippen LogP contribution in [0, 0.1) is 5.41 Å². The molecule has 108 valence electrons. The van der Waals surface area contributed by atoms with Crippen LogP contribution in [0.4, 0.5) is 0 Å². The minimum atomic E-state index is -0.788. The first-order valence-corrected chi connectivity index (χ1v) is 7.06. The van der Waals surface area contributed by atoms with Crippen LogP contribution in [-0.4, -0.2) is 35.5 Å². The van der Waals surface area contributed by atoms with Crippen LogP contribution >= 0.6 is 0 Å². The lowest BCUT2D eigenvalue weighted by Gasteiger charge is -2.29. The zero-order valence-corrected chi connectivity index (χ0v) is 11.9. The van der Waals surface area contributed by atoms with Gasteiger partial charge in [0.05, 0.1) is 6.42 Å². The Labute approximate surface area is 115 Å². The van der Waals surface area contributed by atoms with E-state index in [9.17, 15) is 9.59 Å². The maximum Gasteiger partial charge on any atom is 0.303 e. The maximum atomic E-state index is 12.2. The second-order valence-electron chi connectivity index (χ2n) is 5.70. The summed E-state index contributed by atoms with van der Waals surface area (Å²) in [7, 11) is 1.80. The molecule has 4 heteroatoms. The predicted molar refractivity (Wildman–Crippen MR) is 74.8 cm³/mol. The highest BCUT2D eigenvalue weighted by atomic mass is 16.4. The van der Waals surface area contributed by atoms with Crippen molar-refractivity contribution < 1.29 is 14.7 Å². The summed E-state index contributed by atoms with van der Waals surface area (Å²) in [5.41, 5.74) is -0.296. The van der Waals surface area contributed by atoms with Crippen LogP contribution < -0.4 is 0 Å². The largest absolute Gasteiger partial charge is 0.481 e. The number of rotatable bonds is 8. The molecule has 0 atom stereocenters. The van der Waals surface area contributed by atoms with Gasteiger partial charge >= 0.3 is 5.97 Å². The first-order chi connectivity index (χ1) is 8.99. The van der Waals surface area contributed by atoms with E-state index in [-0.39, 0.29) is 17.7 Å². The number of hydrogen-bond donors (Lipinski definition) is 1. The average molecular weight is 267 g/mol. The van der Waals surface area contributed by atoms with Crippen LogP contribution in [0.2, 0.25) is 0 Å². The van der Waals surface area contributed by atoms with Gasteiger partial charge in [-0.2, -0.15) is 0 Å². The molecule has 4 nitrogen and oxygen atoms in total. The molecule has 1 rings (SSSR count). The van der Waals surface area contributed by atoms with Crippen molar-refractivity contribution >= 4 is 11.9 Å². The third-order valence-corrected chi connectivity index (χ3v) is 4.04. The fraction of sp³-hybridized carbons (Fsp3) is 0.733. The van der Waals surface area contributed by atoms with Crippen molar-refractivity contribution in [2.45, 2.75) is 51.4 Å². The van der Waals surface area contributed by atoms with Gasteiger partial charge in [-0.3, -0.25) is 9.59 Å². The summed E-state index contributed by atoms with van der Waals surface area (Å²) in [4.78, 5) is 24.9. The van der Waals surface area contributed by atoms with E-state index in [1.54, 1.807) is 11.9 Å². The normalized spacial score (nSPS) is 17.1. The monoisotopic (exact) mass is 267 g/mol. The molecule has 0 aromatic rings. The molecule has 0 radical (unpaired) electrons. The van der Waals surface area contributed by atoms with Gasteiger partial charge in [0.1, 0.15) is 0 Å². The minimum absolute atomic E-state index is 0.0761. The van der Waals surface area contributed by atoms with Crippen molar-refractivity contribution in [3.05, 3.63) is 12.7 Å². The Morgan fingerprint density at radius 2 is 1.95 bits per heavy atom. The van der Waals surface area contributed by atoms with Gasteiger partial charge in [0.15, 0.2) is 0 Å². The number of carbonyl (C=O) groups is 2. The van der Waals surface area contributed by atoms with E-state index in [0.29, 0.717) is 13.0 Å².